The third-order valence-corrected chi connectivity index (χ3v) is 4.11. The van der Waals surface area contributed by atoms with Crippen molar-refractivity contribution in [1.29, 1.82) is 0 Å². The molecule has 10 heteroatoms. The van der Waals surface area contributed by atoms with Gasteiger partial charge in [-0.1, -0.05) is 35.0 Å². The molecule has 1 heterocycles. The number of aryl methyl sites for hydroxylation is 1. The van der Waals surface area contributed by atoms with Crippen LogP contribution in [0, 0.1) is 6.92 Å². The van der Waals surface area contributed by atoms with Crippen LogP contribution >= 0.6 is 0 Å². The predicted octanol–water partition coefficient (Wildman–Crippen LogP) is 5.87. The number of amides is 1. The molecule has 158 valence electrons. The van der Waals surface area contributed by atoms with Crippen molar-refractivity contribution >= 4 is 11.6 Å². The zero-order valence-corrected chi connectivity index (χ0v) is 15.4. The highest BCUT2D eigenvalue weighted by atomic mass is 19.4. The quantitative estimate of drug-likeness (QED) is 0.529. The number of halogens is 6. The van der Waals surface area contributed by atoms with Crippen molar-refractivity contribution in [3.8, 4) is 11.3 Å². The third kappa shape index (κ3) is 5.19. The van der Waals surface area contributed by atoms with Crippen molar-refractivity contribution in [2.45, 2.75) is 25.7 Å². The van der Waals surface area contributed by atoms with Gasteiger partial charge in [-0.2, -0.15) is 26.3 Å². The van der Waals surface area contributed by atoms with Gasteiger partial charge >= 0.3 is 12.4 Å². The first-order chi connectivity index (χ1) is 13.9. The van der Waals surface area contributed by atoms with E-state index in [1.807, 2.05) is 19.1 Å². The molecule has 0 unspecified atom stereocenters. The molecular formula is C20H14F6N2O2. The molecule has 0 bridgehead atoms. The molecule has 0 saturated heterocycles. The molecule has 2 aromatic carbocycles. The molecule has 0 aliphatic carbocycles. The number of carbonyl (C=O) groups excluding carboxylic acids is 1. The molecule has 3 rings (SSSR count). The summed E-state index contributed by atoms with van der Waals surface area (Å²) in [5, 5.41) is 5.77. The van der Waals surface area contributed by atoms with Crippen LogP contribution in [0.25, 0.3) is 11.3 Å². The topological polar surface area (TPSA) is 55.1 Å². The number of hydrogen-bond donors (Lipinski definition) is 1. The highest BCUT2D eigenvalue weighted by Crippen LogP contribution is 2.37. The van der Waals surface area contributed by atoms with Gasteiger partial charge in [-0.3, -0.25) is 4.79 Å². The minimum atomic E-state index is -5.00. The number of anilines is 1. The second-order valence-electron chi connectivity index (χ2n) is 6.57. The zero-order valence-electron chi connectivity index (χ0n) is 15.4. The van der Waals surface area contributed by atoms with E-state index >= 15 is 0 Å². The highest BCUT2D eigenvalue weighted by molar-refractivity contribution is 5.92. The Bertz CT molecular complexity index is 1020. The van der Waals surface area contributed by atoms with Crippen molar-refractivity contribution in [2.24, 2.45) is 0 Å². The molecule has 30 heavy (non-hydrogen) atoms. The molecule has 1 aromatic heterocycles. The van der Waals surface area contributed by atoms with Gasteiger partial charge in [-0.25, -0.2) is 0 Å². The van der Waals surface area contributed by atoms with E-state index in [9.17, 15) is 31.1 Å². The van der Waals surface area contributed by atoms with Gasteiger partial charge in [0, 0.05) is 17.3 Å². The second-order valence-corrected chi connectivity index (χ2v) is 6.57. The van der Waals surface area contributed by atoms with E-state index in [0.29, 0.717) is 23.5 Å². The lowest BCUT2D eigenvalue weighted by atomic mass is 10.1. The summed E-state index contributed by atoms with van der Waals surface area (Å²) in [7, 11) is 0. The molecule has 0 atom stereocenters. The van der Waals surface area contributed by atoms with Gasteiger partial charge in [0.05, 0.1) is 23.2 Å². The van der Waals surface area contributed by atoms with Crippen LogP contribution in [0.15, 0.2) is 53.1 Å². The average molecular weight is 428 g/mol. The molecule has 0 spiro atoms. The molecule has 0 radical (unpaired) electrons. The number of nitrogens with one attached hydrogen (secondary N) is 1. The maximum absolute atomic E-state index is 12.9. The first kappa shape index (κ1) is 21.4. The largest absolute Gasteiger partial charge is 0.416 e. The summed E-state index contributed by atoms with van der Waals surface area (Å²) in [5.74, 6) is -0.470. The van der Waals surface area contributed by atoms with Crippen molar-refractivity contribution < 1.29 is 35.7 Å². The standard InChI is InChI=1S/C20H14F6N2O2/c1-11-2-4-12(5-3-11)17-9-16(28-30-17)10-18(29)27-15-7-13(19(21,22)23)6-14(8-15)20(24,25)26/h2-9H,10H2,1H3,(H,27,29). The summed E-state index contributed by atoms with van der Waals surface area (Å²) in [4.78, 5) is 12.1. The summed E-state index contributed by atoms with van der Waals surface area (Å²) >= 11 is 0. The summed E-state index contributed by atoms with van der Waals surface area (Å²) in [6.07, 6.45) is -10.4. The molecule has 1 amide bonds. The average Bonchev–Trinajstić information content (AvgIpc) is 3.08. The Morgan fingerprint density at radius 3 is 2.03 bits per heavy atom. The number of alkyl halides is 6. The molecule has 4 nitrogen and oxygen atoms in total. The second kappa shape index (κ2) is 7.85. The molecule has 0 fully saturated rings. The molecule has 3 aromatic rings. The molecule has 0 aliphatic heterocycles. The van der Waals surface area contributed by atoms with Crippen LogP contribution in [0.5, 0.6) is 0 Å². The lowest BCUT2D eigenvalue weighted by Gasteiger charge is -2.14. The summed E-state index contributed by atoms with van der Waals surface area (Å²) in [5.41, 5.74) is -1.76. The van der Waals surface area contributed by atoms with Crippen molar-refractivity contribution in [2.75, 3.05) is 5.32 Å². The monoisotopic (exact) mass is 428 g/mol. The Kier molecular flexibility index (Phi) is 5.60. The number of hydrogen-bond acceptors (Lipinski definition) is 3. The third-order valence-electron chi connectivity index (χ3n) is 4.11. The fourth-order valence-electron chi connectivity index (χ4n) is 2.65. The first-order valence-electron chi connectivity index (χ1n) is 8.54. The maximum Gasteiger partial charge on any atom is 0.416 e. The normalized spacial score (nSPS) is 12.1. The van der Waals surface area contributed by atoms with Crippen molar-refractivity contribution in [3.05, 3.63) is 70.9 Å². The summed E-state index contributed by atoms with van der Waals surface area (Å²) in [6, 6.07) is 9.58. The van der Waals surface area contributed by atoms with Crippen molar-refractivity contribution in [3.63, 3.8) is 0 Å². The highest BCUT2D eigenvalue weighted by Gasteiger charge is 2.37. The molecule has 0 aliphatic rings. The van der Waals surface area contributed by atoms with E-state index in [4.69, 9.17) is 4.52 Å². The number of rotatable bonds is 4. The number of aromatic nitrogens is 1. The SMILES string of the molecule is Cc1ccc(-c2cc(CC(=O)Nc3cc(C(F)(F)F)cc(C(F)(F)F)c3)no2)cc1. The Balaban J connectivity index is 1.77. The van der Waals surface area contributed by atoms with Crippen LogP contribution < -0.4 is 5.32 Å². The van der Waals surface area contributed by atoms with Crippen LogP contribution in [0.3, 0.4) is 0 Å². The van der Waals surface area contributed by atoms with Gasteiger partial charge in [0.1, 0.15) is 0 Å². The van der Waals surface area contributed by atoms with Crippen LogP contribution in [-0.2, 0) is 23.6 Å². The minimum absolute atomic E-state index is 0.0128. The van der Waals surface area contributed by atoms with Crippen LogP contribution in [0.1, 0.15) is 22.4 Å². The van der Waals surface area contributed by atoms with Gasteiger partial charge in [0.25, 0.3) is 0 Å². The van der Waals surface area contributed by atoms with Crippen molar-refractivity contribution in [1.82, 2.24) is 5.16 Å². The van der Waals surface area contributed by atoms with Gasteiger partial charge < -0.3 is 9.84 Å². The van der Waals surface area contributed by atoms with Crippen LogP contribution in [-0.4, -0.2) is 11.1 Å². The van der Waals surface area contributed by atoms with E-state index in [0.717, 1.165) is 5.56 Å². The maximum atomic E-state index is 12.9. The predicted molar refractivity (Wildman–Crippen MR) is 95.5 cm³/mol. The molecule has 0 saturated carbocycles. The zero-order chi connectivity index (χ0) is 22.1. The Hall–Kier alpha value is -3.30. The smallest absolute Gasteiger partial charge is 0.356 e. The van der Waals surface area contributed by atoms with E-state index in [2.05, 4.69) is 10.5 Å². The number of nitrogens with zero attached hydrogens (tertiary/aromatic N) is 1. The Labute approximate surface area is 166 Å². The van der Waals surface area contributed by atoms with Gasteiger partial charge in [0.2, 0.25) is 5.91 Å². The molecular weight excluding hydrogens is 414 g/mol. The van der Waals surface area contributed by atoms with Crippen LogP contribution in [0.4, 0.5) is 32.0 Å². The van der Waals surface area contributed by atoms with Crippen LogP contribution in [0.2, 0.25) is 0 Å². The lowest BCUT2D eigenvalue weighted by molar-refractivity contribution is -0.143. The summed E-state index contributed by atoms with van der Waals surface area (Å²) in [6.45, 7) is 1.90. The Morgan fingerprint density at radius 1 is 0.933 bits per heavy atom. The van der Waals surface area contributed by atoms with E-state index in [1.165, 1.54) is 6.07 Å². The first-order valence-corrected chi connectivity index (χ1v) is 8.54. The fourth-order valence-corrected chi connectivity index (χ4v) is 2.65. The molecule has 1 N–H and O–H groups in total. The van der Waals surface area contributed by atoms with Gasteiger partial charge in [-0.05, 0) is 25.1 Å². The summed E-state index contributed by atoms with van der Waals surface area (Å²) < 4.78 is 82.6. The number of benzene rings is 2. The van der Waals surface area contributed by atoms with E-state index < -0.39 is 41.5 Å². The van der Waals surface area contributed by atoms with Gasteiger partial charge in [-0.15, -0.1) is 0 Å². The van der Waals surface area contributed by atoms with Gasteiger partial charge in [0.15, 0.2) is 5.76 Å². The fraction of sp³-hybridized carbons (Fsp3) is 0.200. The minimum Gasteiger partial charge on any atom is -0.356 e. The lowest BCUT2D eigenvalue weighted by Crippen LogP contribution is -2.17. The van der Waals surface area contributed by atoms with E-state index in [1.54, 1.807) is 12.1 Å². The van der Waals surface area contributed by atoms with E-state index in [-0.39, 0.29) is 11.8 Å². The Morgan fingerprint density at radius 2 is 1.50 bits per heavy atom. The number of carbonyl (C=O) groups is 1.